The zero-order valence-electron chi connectivity index (χ0n) is 8.59. The minimum Gasteiger partial charge on any atom is -0.400 e. The van der Waals surface area contributed by atoms with Gasteiger partial charge in [0.15, 0.2) is 0 Å². The SMILES string of the molecule is CO.COC(C)(C)CC(C)C#N. The fourth-order valence-electron chi connectivity index (χ4n) is 0.866. The standard InChI is InChI=1S/C8H15NO.CH4O/c1-7(6-9)5-8(2,3)10-4;1-2/h7H,5H2,1-4H3;2H,1H3. The molecule has 0 aliphatic carbocycles. The summed E-state index contributed by atoms with van der Waals surface area (Å²) in [6.07, 6.45) is 0.792. The van der Waals surface area contributed by atoms with Crippen LogP contribution in [0.25, 0.3) is 0 Å². The Morgan fingerprint density at radius 3 is 2.17 bits per heavy atom. The lowest BCUT2D eigenvalue weighted by Crippen LogP contribution is -2.24. The van der Waals surface area contributed by atoms with Crippen molar-refractivity contribution in [1.82, 2.24) is 0 Å². The first kappa shape index (κ1) is 14.0. The Morgan fingerprint density at radius 1 is 1.50 bits per heavy atom. The number of aliphatic hydroxyl groups excluding tert-OH is 1. The number of hydrogen-bond acceptors (Lipinski definition) is 3. The fraction of sp³-hybridized carbons (Fsp3) is 0.889. The van der Waals surface area contributed by atoms with Crippen molar-refractivity contribution in [1.29, 1.82) is 5.26 Å². The van der Waals surface area contributed by atoms with E-state index in [9.17, 15) is 0 Å². The molecule has 0 aliphatic rings. The summed E-state index contributed by atoms with van der Waals surface area (Å²) in [5, 5.41) is 15.5. The number of aliphatic hydroxyl groups is 1. The first-order valence-corrected chi connectivity index (χ1v) is 3.91. The Hall–Kier alpha value is -0.590. The molecule has 0 fully saturated rings. The van der Waals surface area contributed by atoms with Gasteiger partial charge in [0.25, 0.3) is 0 Å². The summed E-state index contributed by atoms with van der Waals surface area (Å²) in [6, 6.07) is 2.18. The maximum atomic E-state index is 8.49. The molecule has 3 heteroatoms. The highest BCUT2D eigenvalue weighted by atomic mass is 16.5. The van der Waals surface area contributed by atoms with Gasteiger partial charge in [0.2, 0.25) is 0 Å². The van der Waals surface area contributed by atoms with Gasteiger partial charge in [-0.15, -0.1) is 0 Å². The highest BCUT2D eigenvalue weighted by Gasteiger charge is 2.19. The third-order valence-electron chi connectivity index (χ3n) is 1.57. The van der Waals surface area contributed by atoms with Crippen LogP contribution >= 0.6 is 0 Å². The van der Waals surface area contributed by atoms with Crippen LogP contribution < -0.4 is 0 Å². The minimum atomic E-state index is -0.158. The van der Waals surface area contributed by atoms with Crippen LogP contribution in [0, 0.1) is 17.2 Å². The van der Waals surface area contributed by atoms with Gasteiger partial charge in [-0.25, -0.2) is 0 Å². The number of ether oxygens (including phenoxy) is 1. The van der Waals surface area contributed by atoms with Gasteiger partial charge in [-0.2, -0.15) is 5.26 Å². The lowest BCUT2D eigenvalue weighted by Gasteiger charge is -2.23. The van der Waals surface area contributed by atoms with E-state index in [1.807, 2.05) is 20.8 Å². The highest BCUT2D eigenvalue weighted by Crippen LogP contribution is 2.18. The molecule has 0 heterocycles. The normalized spacial score (nSPS) is 12.4. The topological polar surface area (TPSA) is 53.2 Å². The summed E-state index contributed by atoms with van der Waals surface area (Å²) in [5.74, 6) is 0.0787. The lowest BCUT2D eigenvalue weighted by atomic mass is 9.96. The summed E-state index contributed by atoms with van der Waals surface area (Å²) in [5.41, 5.74) is -0.158. The average molecular weight is 173 g/mol. The number of hydrogen-bond donors (Lipinski definition) is 1. The Kier molecular flexibility index (Phi) is 8.24. The molecule has 0 aromatic carbocycles. The molecular weight excluding hydrogens is 154 g/mol. The smallest absolute Gasteiger partial charge is 0.0653 e. The first-order chi connectivity index (χ1) is 5.52. The van der Waals surface area contributed by atoms with E-state index in [1.54, 1.807) is 7.11 Å². The molecule has 0 radical (unpaired) electrons. The predicted octanol–water partition coefficient (Wildman–Crippen LogP) is 1.57. The summed E-state index contributed by atoms with van der Waals surface area (Å²) in [6.45, 7) is 5.88. The van der Waals surface area contributed by atoms with Crippen molar-refractivity contribution >= 4 is 0 Å². The van der Waals surface area contributed by atoms with E-state index in [0.29, 0.717) is 0 Å². The van der Waals surface area contributed by atoms with Gasteiger partial charge >= 0.3 is 0 Å². The molecular formula is C9H19NO2. The van der Waals surface area contributed by atoms with Crippen molar-refractivity contribution in [3.8, 4) is 6.07 Å². The molecule has 1 atom stereocenters. The molecule has 0 spiro atoms. The molecule has 12 heavy (non-hydrogen) atoms. The Labute approximate surface area is 75.0 Å². The molecule has 0 saturated carbocycles. The third-order valence-corrected chi connectivity index (χ3v) is 1.57. The molecule has 0 rings (SSSR count). The van der Waals surface area contributed by atoms with Crippen LogP contribution in [-0.2, 0) is 4.74 Å². The van der Waals surface area contributed by atoms with Crippen molar-refractivity contribution in [2.24, 2.45) is 5.92 Å². The maximum absolute atomic E-state index is 8.49. The molecule has 0 aromatic heterocycles. The molecule has 0 amide bonds. The lowest BCUT2D eigenvalue weighted by molar-refractivity contribution is 0.00882. The van der Waals surface area contributed by atoms with Crippen LogP contribution in [0.15, 0.2) is 0 Å². The van der Waals surface area contributed by atoms with Crippen LogP contribution in [0.2, 0.25) is 0 Å². The van der Waals surface area contributed by atoms with Gasteiger partial charge in [0.05, 0.1) is 11.7 Å². The predicted molar refractivity (Wildman–Crippen MR) is 48.6 cm³/mol. The molecule has 0 bridgehead atoms. The minimum absolute atomic E-state index is 0.0787. The van der Waals surface area contributed by atoms with Crippen LogP contribution in [0.3, 0.4) is 0 Å². The number of rotatable bonds is 3. The van der Waals surface area contributed by atoms with Gasteiger partial charge in [-0.3, -0.25) is 0 Å². The quantitative estimate of drug-likeness (QED) is 0.704. The zero-order valence-corrected chi connectivity index (χ0v) is 8.59. The average Bonchev–Trinajstić information content (AvgIpc) is 2.07. The van der Waals surface area contributed by atoms with E-state index in [-0.39, 0.29) is 11.5 Å². The second-order valence-electron chi connectivity index (χ2n) is 3.20. The summed E-state index contributed by atoms with van der Waals surface area (Å²) >= 11 is 0. The van der Waals surface area contributed by atoms with Crippen molar-refractivity contribution < 1.29 is 9.84 Å². The molecule has 72 valence electrons. The van der Waals surface area contributed by atoms with Crippen LogP contribution in [0.1, 0.15) is 27.2 Å². The summed E-state index contributed by atoms with van der Waals surface area (Å²) in [4.78, 5) is 0. The molecule has 0 aromatic rings. The number of nitriles is 1. The molecule has 3 nitrogen and oxygen atoms in total. The Morgan fingerprint density at radius 2 is 1.92 bits per heavy atom. The van der Waals surface area contributed by atoms with Gasteiger partial charge < -0.3 is 9.84 Å². The van der Waals surface area contributed by atoms with Crippen LogP contribution in [0.4, 0.5) is 0 Å². The van der Waals surface area contributed by atoms with Gasteiger partial charge in [-0.1, -0.05) is 0 Å². The van der Waals surface area contributed by atoms with Gasteiger partial charge in [0.1, 0.15) is 0 Å². The van der Waals surface area contributed by atoms with Crippen LogP contribution in [0.5, 0.6) is 0 Å². The van der Waals surface area contributed by atoms with E-state index in [0.717, 1.165) is 13.5 Å². The van der Waals surface area contributed by atoms with Crippen molar-refractivity contribution in [3.05, 3.63) is 0 Å². The van der Waals surface area contributed by atoms with E-state index in [4.69, 9.17) is 15.1 Å². The van der Waals surface area contributed by atoms with Crippen molar-refractivity contribution in [2.75, 3.05) is 14.2 Å². The van der Waals surface area contributed by atoms with Crippen molar-refractivity contribution in [2.45, 2.75) is 32.8 Å². The monoisotopic (exact) mass is 173 g/mol. The number of methoxy groups -OCH3 is 1. The highest BCUT2D eigenvalue weighted by molar-refractivity contribution is 4.84. The van der Waals surface area contributed by atoms with E-state index in [1.165, 1.54) is 0 Å². The second-order valence-corrected chi connectivity index (χ2v) is 3.20. The molecule has 0 saturated heterocycles. The summed E-state index contributed by atoms with van der Waals surface area (Å²) < 4.78 is 5.16. The number of nitrogens with zero attached hydrogens (tertiary/aromatic N) is 1. The Bertz CT molecular complexity index is 138. The Balaban J connectivity index is 0. The first-order valence-electron chi connectivity index (χ1n) is 3.91. The van der Waals surface area contributed by atoms with Gasteiger partial charge in [0, 0.05) is 20.1 Å². The molecule has 0 aliphatic heterocycles. The second kappa shape index (κ2) is 7.08. The van der Waals surface area contributed by atoms with E-state index in [2.05, 4.69) is 6.07 Å². The zero-order chi connectivity index (χ0) is 10.2. The third kappa shape index (κ3) is 7.52. The van der Waals surface area contributed by atoms with Crippen LogP contribution in [-0.4, -0.2) is 24.9 Å². The van der Waals surface area contributed by atoms with E-state index < -0.39 is 0 Å². The van der Waals surface area contributed by atoms with Crippen molar-refractivity contribution in [3.63, 3.8) is 0 Å². The largest absolute Gasteiger partial charge is 0.400 e. The summed E-state index contributed by atoms with van der Waals surface area (Å²) in [7, 11) is 2.67. The maximum Gasteiger partial charge on any atom is 0.0653 e. The van der Waals surface area contributed by atoms with E-state index >= 15 is 0 Å². The fourth-order valence-corrected chi connectivity index (χ4v) is 0.866. The molecule has 1 unspecified atom stereocenters. The van der Waals surface area contributed by atoms with Gasteiger partial charge in [-0.05, 0) is 27.2 Å². The molecule has 1 N–H and O–H groups in total.